The van der Waals surface area contributed by atoms with Gasteiger partial charge in [-0.3, -0.25) is 10.1 Å². The van der Waals surface area contributed by atoms with Gasteiger partial charge in [-0.05, 0) is 67.9 Å². The molecule has 1 aliphatic rings. The van der Waals surface area contributed by atoms with Crippen molar-refractivity contribution in [3.8, 4) is 16.9 Å². The Morgan fingerprint density at radius 2 is 1.74 bits per heavy atom. The SMILES string of the molecule is CNC.COC(=O)Nc1ccc(-c2cnc3[nH]cc(Cc4ccccc4OC)c3c2)cc1C(=O)N1CCCC1. The fourth-order valence-corrected chi connectivity index (χ4v) is 4.68. The lowest BCUT2D eigenvalue weighted by atomic mass is 9.99. The largest absolute Gasteiger partial charge is 0.496 e. The number of nitrogens with one attached hydrogen (secondary N) is 3. The Hall–Kier alpha value is -4.37. The van der Waals surface area contributed by atoms with Crippen molar-refractivity contribution < 1.29 is 19.1 Å². The molecule has 0 spiro atoms. The maximum atomic E-state index is 13.3. The number of methoxy groups -OCH3 is 2. The summed E-state index contributed by atoms with van der Waals surface area (Å²) in [5.41, 5.74) is 5.55. The molecular formula is C30H35N5O4. The van der Waals surface area contributed by atoms with E-state index in [-0.39, 0.29) is 5.91 Å². The summed E-state index contributed by atoms with van der Waals surface area (Å²) < 4.78 is 10.3. The first kappa shape index (κ1) is 27.7. The third kappa shape index (κ3) is 6.38. The van der Waals surface area contributed by atoms with Gasteiger partial charge in [0.05, 0.1) is 25.5 Å². The van der Waals surface area contributed by atoms with E-state index in [2.05, 4.69) is 32.7 Å². The van der Waals surface area contributed by atoms with Crippen LogP contribution in [-0.4, -0.2) is 68.3 Å². The van der Waals surface area contributed by atoms with Gasteiger partial charge in [0.25, 0.3) is 5.91 Å². The van der Waals surface area contributed by atoms with Gasteiger partial charge >= 0.3 is 6.09 Å². The van der Waals surface area contributed by atoms with Crippen LogP contribution < -0.4 is 15.4 Å². The summed E-state index contributed by atoms with van der Waals surface area (Å²) in [7, 11) is 6.72. The van der Waals surface area contributed by atoms with E-state index >= 15 is 0 Å². The summed E-state index contributed by atoms with van der Waals surface area (Å²) in [6.07, 6.45) is 5.80. The number of carbonyl (C=O) groups is 2. The van der Waals surface area contributed by atoms with Crippen LogP contribution in [0.1, 0.15) is 34.3 Å². The van der Waals surface area contributed by atoms with E-state index in [1.807, 2.05) is 55.5 Å². The molecule has 0 atom stereocenters. The molecule has 0 radical (unpaired) electrons. The van der Waals surface area contributed by atoms with Crippen molar-refractivity contribution in [1.82, 2.24) is 20.2 Å². The van der Waals surface area contributed by atoms with Crippen LogP contribution in [-0.2, 0) is 11.2 Å². The van der Waals surface area contributed by atoms with Crippen LogP contribution in [0.2, 0.25) is 0 Å². The molecule has 0 saturated carbocycles. The zero-order valence-electron chi connectivity index (χ0n) is 22.8. The Morgan fingerprint density at radius 3 is 2.46 bits per heavy atom. The van der Waals surface area contributed by atoms with E-state index in [9.17, 15) is 9.59 Å². The van der Waals surface area contributed by atoms with Crippen LogP contribution in [0.4, 0.5) is 10.5 Å². The van der Waals surface area contributed by atoms with Gasteiger partial charge in [0.1, 0.15) is 11.4 Å². The average Bonchev–Trinajstić information content (AvgIpc) is 3.64. The smallest absolute Gasteiger partial charge is 0.411 e. The van der Waals surface area contributed by atoms with Gasteiger partial charge < -0.3 is 24.7 Å². The molecule has 0 aliphatic carbocycles. The van der Waals surface area contributed by atoms with Crippen LogP contribution >= 0.6 is 0 Å². The Kier molecular flexibility index (Phi) is 9.17. The molecule has 2 amide bonds. The van der Waals surface area contributed by atoms with Gasteiger partial charge in [-0.1, -0.05) is 24.3 Å². The Labute approximate surface area is 228 Å². The Morgan fingerprint density at radius 1 is 1.00 bits per heavy atom. The number of carbonyl (C=O) groups excluding carboxylic acids is 2. The fourth-order valence-electron chi connectivity index (χ4n) is 4.68. The van der Waals surface area contributed by atoms with Crippen LogP contribution in [0.15, 0.2) is 60.9 Å². The molecule has 5 rings (SSSR count). The molecule has 0 bridgehead atoms. The highest BCUT2D eigenvalue weighted by molar-refractivity contribution is 6.04. The zero-order valence-corrected chi connectivity index (χ0v) is 22.8. The number of ether oxygens (including phenoxy) is 2. The molecule has 2 aromatic carbocycles. The van der Waals surface area contributed by atoms with Crippen molar-refractivity contribution in [3.05, 3.63) is 77.6 Å². The molecule has 1 saturated heterocycles. The number of benzene rings is 2. The second kappa shape index (κ2) is 12.9. The number of para-hydroxylation sites is 1. The second-order valence-electron chi connectivity index (χ2n) is 9.30. The number of anilines is 1. The zero-order chi connectivity index (χ0) is 27.8. The summed E-state index contributed by atoms with van der Waals surface area (Å²) >= 11 is 0. The molecule has 9 heteroatoms. The normalized spacial score (nSPS) is 12.6. The van der Waals surface area contributed by atoms with Crippen LogP contribution in [0.3, 0.4) is 0 Å². The monoisotopic (exact) mass is 529 g/mol. The molecule has 2 aromatic heterocycles. The quantitative estimate of drug-likeness (QED) is 0.322. The number of fused-ring (bicyclic) bond motifs is 1. The minimum Gasteiger partial charge on any atom is -0.496 e. The number of hydrogen-bond acceptors (Lipinski definition) is 6. The van der Waals surface area contributed by atoms with Gasteiger partial charge in [0.2, 0.25) is 0 Å². The van der Waals surface area contributed by atoms with E-state index in [1.54, 1.807) is 19.4 Å². The summed E-state index contributed by atoms with van der Waals surface area (Å²) in [4.78, 5) is 34.9. The van der Waals surface area contributed by atoms with Crippen molar-refractivity contribution in [1.29, 1.82) is 0 Å². The summed E-state index contributed by atoms with van der Waals surface area (Å²) in [5.74, 6) is 0.739. The third-order valence-corrected chi connectivity index (χ3v) is 6.59. The van der Waals surface area contributed by atoms with Crippen molar-refractivity contribution in [2.75, 3.05) is 46.7 Å². The molecule has 1 fully saturated rings. The van der Waals surface area contributed by atoms with Crippen LogP contribution in [0.25, 0.3) is 22.2 Å². The molecule has 1 aliphatic heterocycles. The summed E-state index contributed by atoms with van der Waals surface area (Å²) in [6.45, 7) is 1.42. The number of H-pyrrole nitrogens is 1. The number of hydrogen-bond donors (Lipinski definition) is 3. The van der Waals surface area contributed by atoms with E-state index in [0.717, 1.165) is 51.9 Å². The Balaban J connectivity index is 0.00000112. The highest BCUT2D eigenvalue weighted by atomic mass is 16.5. The highest BCUT2D eigenvalue weighted by Crippen LogP contribution is 2.31. The van der Waals surface area contributed by atoms with Gasteiger partial charge in [-0.2, -0.15) is 0 Å². The lowest BCUT2D eigenvalue weighted by Gasteiger charge is -2.19. The van der Waals surface area contributed by atoms with Gasteiger partial charge in [-0.25, -0.2) is 9.78 Å². The standard InChI is InChI=1S/C28H28N4O4.C2H7N/c1-35-25-8-4-3-7-19(25)13-21-17-30-26-22(21)15-20(16-29-26)18-9-10-24(31-28(34)36-2)23(14-18)27(33)32-11-5-6-12-32;1-3-2/h3-4,7-10,14-17H,5-6,11-13H2,1-2H3,(H,29,30)(H,31,34);3H,1-2H3. The molecule has 204 valence electrons. The van der Waals surface area contributed by atoms with Crippen molar-refractivity contribution in [2.24, 2.45) is 0 Å². The van der Waals surface area contributed by atoms with Gasteiger partial charge in [0.15, 0.2) is 0 Å². The first-order valence-electron chi connectivity index (χ1n) is 12.9. The number of pyridine rings is 1. The highest BCUT2D eigenvalue weighted by Gasteiger charge is 2.23. The minimum absolute atomic E-state index is 0.103. The lowest BCUT2D eigenvalue weighted by Crippen LogP contribution is -2.29. The second-order valence-corrected chi connectivity index (χ2v) is 9.30. The van der Waals surface area contributed by atoms with Crippen molar-refractivity contribution in [3.63, 3.8) is 0 Å². The first-order chi connectivity index (χ1) is 19.0. The molecular weight excluding hydrogens is 494 g/mol. The van der Waals surface area contributed by atoms with E-state index in [4.69, 9.17) is 9.47 Å². The first-order valence-corrected chi connectivity index (χ1v) is 12.9. The molecule has 0 unspecified atom stereocenters. The molecule has 4 aromatic rings. The van der Waals surface area contributed by atoms with E-state index in [1.165, 1.54) is 7.11 Å². The number of amides is 2. The van der Waals surface area contributed by atoms with Gasteiger partial charge in [0, 0.05) is 42.9 Å². The number of aromatic nitrogens is 2. The predicted molar refractivity (Wildman–Crippen MR) is 153 cm³/mol. The average molecular weight is 530 g/mol. The fraction of sp³-hybridized carbons (Fsp3) is 0.300. The molecule has 39 heavy (non-hydrogen) atoms. The van der Waals surface area contributed by atoms with Crippen LogP contribution in [0, 0.1) is 0 Å². The third-order valence-electron chi connectivity index (χ3n) is 6.59. The number of aromatic amines is 1. The van der Waals surface area contributed by atoms with Crippen LogP contribution in [0.5, 0.6) is 5.75 Å². The van der Waals surface area contributed by atoms with Gasteiger partial charge in [-0.15, -0.1) is 0 Å². The maximum Gasteiger partial charge on any atom is 0.411 e. The maximum absolute atomic E-state index is 13.3. The molecule has 9 nitrogen and oxygen atoms in total. The van der Waals surface area contributed by atoms with Crippen molar-refractivity contribution >= 4 is 28.7 Å². The number of rotatable bonds is 6. The van der Waals surface area contributed by atoms with E-state index < -0.39 is 6.09 Å². The number of likely N-dealkylation sites (tertiary alicyclic amines) is 1. The topological polar surface area (TPSA) is 109 Å². The molecule has 3 heterocycles. The Bertz CT molecular complexity index is 1440. The number of nitrogens with zero attached hydrogens (tertiary/aromatic N) is 2. The molecule has 3 N–H and O–H groups in total. The minimum atomic E-state index is -0.616. The van der Waals surface area contributed by atoms with E-state index in [0.29, 0.717) is 30.8 Å². The summed E-state index contributed by atoms with van der Waals surface area (Å²) in [5, 5.41) is 6.43. The van der Waals surface area contributed by atoms with Crippen molar-refractivity contribution in [2.45, 2.75) is 19.3 Å². The summed E-state index contributed by atoms with van der Waals surface area (Å²) in [6, 6.07) is 15.5. The predicted octanol–water partition coefficient (Wildman–Crippen LogP) is 5.08. The lowest BCUT2D eigenvalue weighted by molar-refractivity contribution is 0.0794.